The number of benzene rings is 2. The monoisotopic (exact) mass is 430 g/mol. The first-order chi connectivity index (χ1) is 15.1. The zero-order chi connectivity index (χ0) is 21.8. The third-order valence-electron chi connectivity index (χ3n) is 5.64. The lowest BCUT2D eigenvalue weighted by molar-refractivity contribution is 0.0907. The maximum absolute atomic E-state index is 13.9. The van der Waals surface area contributed by atoms with Gasteiger partial charge in [-0.05, 0) is 42.7 Å². The molecule has 31 heavy (non-hydrogen) atoms. The average molecular weight is 430 g/mol. The van der Waals surface area contributed by atoms with E-state index in [-0.39, 0.29) is 23.5 Å². The van der Waals surface area contributed by atoms with Crippen molar-refractivity contribution in [1.82, 2.24) is 10.2 Å². The van der Waals surface area contributed by atoms with Gasteiger partial charge in [-0.25, -0.2) is 4.39 Å². The van der Waals surface area contributed by atoms with Crippen LogP contribution in [0, 0.1) is 5.82 Å². The molecule has 0 spiro atoms. The van der Waals surface area contributed by atoms with Crippen LogP contribution in [0.25, 0.3) is 0 Å². The Morgan fingerprint density at radius 1 is 1.10 bits per heavy atom. The molecular formula is C23H27FN2O5. The molecule has 0 radical (unpaired) electrons. The molecule has 0 unspecified atom stereocenters. The van der Waals surface area contributed by atoms with E-state index in [2.05, 4.69) is 10.2 Å². The number of ether oxygens (including phenoxy) is 4. The highest BCUT2D eigenvalue weighted by Gasteiger charge is 2.24. The summed E-state index contributed by atoms with van der Waals surface area (Å²) in [5, 5.41) is 3.11. The van der Waals surface area contributed by atoms with E-state index in [9.17, 15) is 9.18 Å². The van der Waals surface area contributed by atoms with E-state index in [1.165, 1.54) is 13.2 Å². The first-order valence-corrected chi connectivity index (χ1v) is 10.4. The summed E-state index contributed by atoms with van der Waals surface area (Å²) in [5.74, 6) is 1.29. The fourth-order valence-electron chi connectivity index (χ4n) is 3.97. The number of likely N-dealkylation sites (tertiary alicyclic amines) is 1. The molecule has 4 rings (SSSR count). The Morgan fingerprint density at radius 2 is 1.84 bits per heavy atom. The van der Waals surface area contributed by atoms with Crippen LogP contribution in [0.5, 0.6) is 23.0 Å². The predicted octanol–water partition coefficient (Wildman–Crippen LogP) is 3.01. The molecule has 1 fully saturated rings. The maximum atomic E-state index is 13.9. The van der Waals surface area contributed by atoms with Gasteiger partial charge in [0.2, 0.25) is 5.75 Å². The topological polar surface area (TPSA) is 69.3 Å². The molecule has 1 N–H and O–H groups in total. The molecule has 1 saturated heterocycles. The maximum Gasteiger partial charge on any atom is 0.251 e. The number of methoxy groups -OCH3 is 2. The summed E-state index contributed by atoms with van der Waals surface area (Å²) in [7, 11) is 3.00. The molecule has 7 nitrogen and oxygen atoms in total. The Kier molecular flexibility index (Phi) is 6.46. The fourth-order valence-corrected chi connectivity index (χ4v) is 3.97. The molecule has 2 aromatic rings. The summed E-state index contributed by atoms with van der Waals surface area (Å²) < 4.78 is 35.5. The molecule has 2 aliphatic heterocycles. The van der Waals surface area contributed by atoms with Gasteiger partial charge in [-0.2, -0.15) is 0 Å². The van der Waals surface area contributed by atoms with Crippen LogP contribution in [0.15, 0.2) is 30.3 Å². The van der Waals surface area contributed by atoms with Gasteiger partial charge in [0.15, 0.2) is 23.1 Å². The van der Waals surface area contributed by atoms with Gasteiger partial charge >= 0.3 is 0 Å². The number of nitrogens with zero attached hydrogens (tertiary/aromatic N) is 1. The number of halogens is 1. The zero-order valence-electron chi connectivity index (χ0n) is 17.8. The molecule has 0 saturated carbocycles. The van der Waals surface area contributed by atoms with Crippen LogP contribution in [-0.4, -0.2) is 57.4 Å². The second-order valence-corrected chi connectivity index (χ2v) is 7.70. The van der Waals surface area contributed by atoms with Crippen molar-refractivity contribution in [2.24, 2.45) is 0 Å². The lowest BCUT2D eigenvalue weighted by atomic mass is 10.0. The van der Waals surface area contributed by atoms with Crippen LogP contribution in [0.2, 0.25) is 0 Å². The summed E-state index contributed by atoms with van der Waals surface area (Å²) in [6.45, 7) is 3.21. The van der Waals surface area contributed by atoms with Crippen molar-refractivity contribution in [3.8, 4) is 23.0 Å². The Bertz CT molecular complexity index is 927. The largest absolute Gasteiger partial charge is 0.494 e. The number of hydrogen-bond donors (Lipinski definition) is 1. The second kappa shape index (κ2) is 9.43. The van der Waals surface area contributed by atoms with Crippen molar-refractivity contribution in [3.63, 3.8) is 0 Å². The van der Waals surface area contributed by atoms with Gasteiger partial charge in [-0.1, -0.05) is 6.07 Å². The standard InChI is InChI=1S/C23H27FN2O5/c1-28-19-4-3-15(11-18(19)24)14-26-7-5-17(6-8-26)25-23(27)16-12-20(29-2)22-21(13-16)30-9-10-31-22/h3-4,11-13,17H,5-10,14H2,1-2H3,(H,25,27). The van der Waals surface area contributed by atoms with Crippen molar-refractivity contribution in [1.29, 1.82) is 0 Å². The highest BCUT2D eigenvalue weighted by atomic mass is 19.1. The van der Waals surface area contributed by atoms with E-state index in [0.29, 0.717) is 42.6 Å². The number of fused-ring (bicyclic) bond motifs is 1. The average Bonchev–Trinajstić information content (AvgIpc) is 2.79. The smallest absolute Gasteiger partial charge is 0.251 e. The van der Waals surface area contributed by atoms with E-state index in [1.54, 1.807) is 25.3 Å². The molecule has 0 aliphatic carbocycles. The van der Waals surface area contributed by atoms with Gasteiger partial charge < -0.3 is 24.3 Å². The molecule has 2 heterocycles. The Morgan fingerprint density at radius 3 is 2.55 bits per heavy atom. The first-order valence-electron chi connectivity index (χ1n) is 10.4. The highest BCUT2D eigenvalue weighted by molar-refractivity contribution is 5.95. The first kappa shape index (κ1) is 21.2. The molecule has 1 amide bonds. The predicted molar refractivity (Wildman–Crippen MR) is 113 cm³/mol. The number of rotatable bonds is 6. The van der Waals surface area contributed by atoms with Gasteiger partial charge in [0.25, 0.3) is 5.91 Å². The van der Waals surface area contributed by atoms with Crippen LogP contribution >= 0.6 is 0 Å². The summed E-state index contributed by atoms with van der Waals surface area (Å²) in [4.78, 5) is 15.1. The zero-order valence-corrected chi connectivity index (χ0v) is 17.8. The van der Waals surface area contributed by atoms with Crippen molar-refractivity contribution in [2.75, 3.05) is 40.5 Å². The minimum absolute atomic E-state index is 0.0792. The van der Waals surface area contributed by atoms with Crippen molar-refractivity contribution in [2.45, 2.75) is 25.4 Å². The third-order valence-corrected chi connectivity index (χ3v) is 5.64. The van der Waals surface area contributed by atoms with Crippen molar-refractivity contribution >= 4 is 5.91 Å². The molecular weight excluding hydrogens is 403 g/mol. The Balaban J connectivity index is 1.33. The summed E-state index contributed by atoms with van der Waals surface area (Å²) in [5.41, 5.74) is 1.39. The molecule has 8 heteroatoms. The Labute approximate surface area is 181 Å². The Hall–Kier alpha value is -3.00. The quantitative estimate of drug-likeness (QED) is 0.760. The minimum atomic E-state index is -0.350. The van der Waals surface area contributed by atoms with Gasteiger partial charge in [-0.15, -0.1) is 0 Å². The number of carbonyl (C=O) groups excluding carboxylic acids is 1. The van der Waals surface area contributed by atoms with Crippen LogP contribution in [0.1, 0.15) is 28.8 Å². The number of nitrogens with one attached hydrogen (secondary N) is 1. The SMILES string of the molecule is COc1ccc(CN2CCC(NC(=O)c3cc(OC)c4c(c3)OCCO4)CC2)cc1F. The summed E-state index contributed by atoms with van der Waals surface area (Å²) in [6, 6.07) is 8.50. The number of carbonyl (C=O) groups is 1. The second-order valence-electron chi connectivity index (χ2n) is 7.70. The lowest BCUT2D eigenvalue weighted by Crippen LogP contribution is -2.44. The number of piperidine rings is 1. The van der Waals surface area contributed by atoms with Crippen LogP contribution in [0.3, 0.4) is 0 Å². The molecule has 0 bridgehead atoms. The molecule has 0 aromatic heterocycles. The molecule has 166 valence electrons. The third kappa shape index (κ3) is 4.85. The lowest BCUT2D eigenvalue weighted by Gasteiger charge is -2.32. The van der Waals surface area contributed by atoms with Crippen molar-refractivity contribution < 1.29 is 28.1 Å². The van der Waals surface area contributed by atoms with Gasteiger partial charge in [0.1, 0.15) is 13.2 Å². The molecule has 2 aliphatic rings. The normalized spacial score (nSPS) is 16.6. The van der Waals surface area contributed by atoms with Crippen LogP contribution < -0.4 is 24.3 Å². The van der Waals surface area contributed by atoms with E-state index >= 15 is 0 Å². The number of amides is 1. The van der Waals surface area contributed by atoms with Crippen LogP contribution in [0.4, 0.5) is 4.39 Å². The van der Waals surface area contributed by atoms with Crippen molar-refractivity contribution in [3.05, 3.63) is 47.3 Å². The van der Waals surface area contributed by atoms with Gasteiger partial charge in [0, 0.05) is 31.2 Å². The fraction of sp³-hybridized carbons (Fsp3) is 0.435. The summed E-state index contributed by atoms with van der Waals surface area (Å²) in [6.07, 6.45) is 1.65. The molecule has 2 aromatic carbocycles. The van der Waals surface area contributed by atoms with E-state index in [4.69, 9.17) is 18.9 Å². The van der Waals surface area contributed by atoms with Gasteiger partial charge in [0.05, 0.1) is 14.2 Å². The van der Waals surface area contributed by atoms with Crippen LogP contribution in [-0.2, 0) is 6.54 Å². The minimum Gasteiger partial charge on any atom is -0.494 e. The highest BCUT2D eigenvalue weighted by Crippen LogP contribution is 2.40. The molecule has 0 atom stereocenters. The van der Waals surface area contributed by atoms with E-state index in [0.717, 1.165) is 31.5 Å². The van der Waals surface area contributed by atoms with Gasteiger partial charge in [-0.3, -0.25) is 9.69 Å². The van der Waals surface area contributed by atoms with E-state index in [1.807, 2.05) is 6.07 Å². The van der Waals surface area contributed by atoms with E-state index < -0.39 is 0 Å². The number of hydrogen-bond acceptors (Lipinski definition) is 6. The summed E-state index contributed by atoms with van der Waals surface area (Å²) >= 11 is 0.